The summed E-state index contributed by atoms with van der Waals surface area (Å²) in [4.78, 5) is 19.6. The van der Waals surface area contributed by atoms with Crippen LogP contribution in [-0.4, -0.2) is 35.4 Å². The molecule has 0 unspecified atom stereocenters. The molecule has 3 atom stereocenters. The first-order chi connectivity index (χ1) is 11.5. The fourth-order valence-corrected chi connectivity index (χ4v) is 3.02. The van der Waals surface area contributed by atoms with Gasteiger partial charge in [-0.1, -0.05) is 42.0 Å². The van der Waals surface area contributed by atoms with E-state index in [9.17, 15) is 4.79 Å². The molecule has 0 aliphatic carbocycles. The SMILES string of the molecule is CCOC1=N[C@@H](CC=C(C)C)C(=O)N([C@@H](C)c2ccccc2)[C@@H]1C. The number of rotatable bonds is 5. The van der Waals surface area contributed by atoms with E-state index in [4.69, 9.17) is 4.74 Å². The second-order valence-corrected chi connectivity index (χ2v) is 6.44. The zero-order chi connectivity index (χ0) is 17.7. The summed E-state index contributed by atoms with van der Waals surface area (Å²) in [5.74, 6) is 0.729. The molecule has 1 aliphatic rings. The van der Waals surface area contributed by atoms with Gasteiger partial charge >= 0.3 is 0 Å². The van der Waals surface area contributed by atoms with Gasteiger partial charge in [-0.25, -0.2) is 4.99 Å². The van der Waals surface area contributed by atoms with E-state index in [1.807, 2.05) is 50.8 Å². The van der Waals surface area contributed by atoms with Gasteiger partial charge in [0.1, 0.15) is 12.1 Å². The van der Waals surface area contributed by atoms with Crippen LogP contribution in [0.25, 0.3) is 0 Å². The molecule has 4 heteroatoms. The smallest absolute Gasteiger partial charge is 0.248 e. The normalized spacial score (nSPS) is 22.0. The van der Waals surface area contributed by atoms with Crippen molar-refractivity contribution in [3.05, 3.63) is 47.5 Å². The first-order valence-electron chi connectivity index (χ1n) is 8.66. The number of benzene rings is 1. The Morgan fingerprint density at radius 2 is 2.00 bits per heavy atom. The van der Waals surface area contributed by atoms with Crippen LogP contribution in [0.2, 0.25) is 0 Å². The van der Waals surface area contributed by atoms with Crippen molar-refractivity contribution in [2.45, 2.75) is 59.2 Å². The van der Waals surface area contributed by atoms with Gasteiger partial charge in [0.2, 0.25) is 11.8 Å². The fraction of sp³-hybridized carbons (Fsp3) is 0.500. The number of aliphatic imine (C=N–C) groups is 1. The molecule has 1 aromatic carbocycles. The van der Waals surface area contributed by atoms with E-state index in [1.54, 1.807) is 0 Å². The molecule has 0 radical (unpaired) electrons. The number of carbonyl (C=O) groups excluding carboxylic acids is 1. The summed E-state index contributed by atoms with van der Waals surface area (Å²) in [6.07, 6.45) is 2.68. The first kappa shape index (κ1) is 18.2. The summed E-state index contributed by atoms with van der Waals surface area (Å²) in [5, 5.41) is 0. The third-order valence-electron chi connectivity index (χ3n) is 4.34. The van der Waals surface area contributed by atoms with Crippen LogP contribution in [0, 0.1) is 0 Å². The third-order valence-corrected chi connectivity index (χ3v) is 4.34. The molecule has 0 saturated heterocycles. The topological polar surface area (TPSA) is 41.9 Å². The summed E-state index contributed by atoms with van der Waals surface area (Å²) in [6, 6.07) is 9.53. The van der Waals surface area contributed by atoms with Gasteiger partial charge in [0, 0.05) is 0 Å². The second kappa shape index (κ2) is 8.13. The molecule has 2 rings (SSSR count). The maximum Gasteiger partial charge on any atom is 0.248 e. The van der Waals surface area contributed by atoms with Crippen LogP contribution in [0.1, 0.15) is 52.6 Å². The number of carbonyl (C=O) groups is 1. The van der Waals surface area contributed by atoms with Crippen molar-refractivity contribution >= 4 is 11.8 Å². The molecule has 1 amide bonds. The molecular weight excluding hydrogens is 300 g/mol. The van der Waals surface area contributed by atoms with E-state index in [1.165, 1.54) is 5.57 Å². The highest BCUT2D eigenvalue weighted by Gasteiger charge is 2.38. The van der Waals surface area contributed by atoms with Gasteiger partial charge in [-0.2, -0.15) is 0 Å². The van der Waals surface area contributed by atoms with E-state index in [-0.39, 0.29) is 18.0 Å². The molecule has 0 N–H and O–H groups in total. The predicted molar refractivity (Wildman–Crippen MR) is 98.1 cm³/mol. The van der Waals surface area contributed by atoms with E-state index < -0.39 is 6.04 Å². The molecule has 1 aromatic rings. The van der Waals surface area contributed by atoms with Crippen molar-refractivity contribution in [2.24, 2.45) is 4.99 Å². The zero-order valence-corrected chi connectivity index (χ0v) is 15.3. The largest absolute Gasteiger partial charge is 0.480 e. The van der Waals surface area contributed by atoms with Crippen molar-refractivity contribution in [3.63, 3.8) is 0 Å². The predicted octanol–water partition coefficient (Wildman–Crippen LogP) is 4.14. The highest BCUT2D eigenvalue weighted by atomic mass is 16.5. The van der Waals surface area contributed by atoms with Gasteiger partial charge in [0.05, 0.1) is 12.6 Å². The molecule has 0 fully saturated rings. The van der Waals surface area contributed by atoms with Crippen molar-refractivity contribution in [1.82, 2.24) is 4.90 Å². The zero-order valence-electron chi connectivity index (χ0n) is 15.3. The van der Waals surface area contributed by atoms with Crippen molar-refractivity contribution in [1.29, 1.82) is 0 Å². The van der Waals surface area contributed by atoms with Crippen molar-refractivity contribution in [2.75, 3.05) is 6.61 Å². The monoisotopic (exact) mass is 328 g/mol. The van der Waals surface area contributed by atoms with Gasteiger partial charge < -0.3 is 9.64 Å². The number of allylic oxidation sites excluding steroid dienone is 1. The van der Waals surface area contributed by atoms with E-state index >= 15 is 0 Å². The van der Waals surface area contributed by atoms with Gasteiger partial charge in [0.25, 0.3) is 0 Å². The summed E-state index contributed by atoms with van der Waals surface area (Å²) in [5.41, 5.74) is 2.31. The minimum absolute atomic E-state index is 0.0196. The van der Waals surface area contributed by atoms with Crippen LogP contribution in [0.15, 0.2) is 47.0 Å². The van der Waals surface area contributed by atoms with Crippen LogP contribution in [0.3, 0.4) is 0 Å². The Balaban J connectivity index is 2.34. The number of amides is 1. The average molecular weight is 328 g/mol. The quantitative estimate of drug-likeness (QED) is 0.762. The third kappa shape index (κ3) is 4.05. The van der Waals surface area contributed by atoms with Crippen LogP contribution >= 0.6 is 0 Å². The molecular formula is C20H28N2O2. The lowest BCUT2D eigenvalue weighted by molar-refractivity contribution is -0.137. The average Bonchev–Trinajstić information content (AvgIpc) is 2.57. The Morgan fingerprint density at radius 3 is 2.58 bits per heavy atom. The number of nitrogens with zero attached hydrogens (tertiary/aromatic N) is 2. The molecule has 4 nitrogen and oxygen atoms in total. The first-order valence-corrected chi connectivity index (χ1v) is 8.66. The molecule has 0 spiro atoms. The Bertz CT molecular complexity index is 618. The summed E-state index contributed by atoms with van der Waals surface area (Å²) in [6.45, 7) is 10.6. The highest BCUT2D eigenvalue weighted by molar-refractivity contribution is 5.95. The summed E-state index contributed by atoms with van der Waals surface area (Å²) in [7, 11) is 0. The molecule has 1 aliphatic heterocycles. The second-order valence-electron chi connectivity index (χ2n) is 6.44. The van der Waals surface area contributed by atoms with E-state index in [0.29, 0.717) is 18.9 Å². The lowest BCUT2D eigenvalue weighted by Crippen LogP contribution is -2.53. The van der Waals surface area contributed by atoms with Gasteiger partial charge in [0.15, 0.2) is 0 Å². The number of hydrogen-bond acceptors (Lipinski definition) is 3. The van der Waals surface area contributed by atoms with Crippen LogP contribution in [0.5, 0.6) is 0 Å². The summed E-state index contributed by atoms with van der Waals surface area (Å²) >= 11 is 0. The van der Waals surface area contributed by atoms with Crippen molar-refractivity contribution in [3.8, 4) is 0 Å². The maximum absolute atomic E-state index is 13.0. The molecule has 0 saturated carbocycles. The van der Waals surface area contributed by atoms with E-state index in [2.05, 4.69) is 30.1 Å². The molecule has 24 heavy (non-hydrogen) atoms. The standard InChI is InChI=1S/C20H28N2O2/c1-6-24-19-16(5)22(15(4)17-10-8-7-9-11-17)20(23)18(21-19)13-12-14(2)3/h7-12,15-16,18H,6,13H2,1-5H3/t15-,16+,18-/m0/s1. The van der Waals surface area contributed by atoms with Crippen LogP contribution < -0.4 is 0 Å². The van der Waals surface area contributed by atoms with Crippen LogP contribution in [-0.2, 0) is 9.53 Å². The fourth-order valence-electron chi connectivity index (χ4n) is 3.02. The number of hydrogen-bond donors (Lipinski definition) is 0. The molecule has 1 heterocycles. The Morgan fingerprint density at radius 1 is 1.33 bits per heavy atom. The Hall–Kier alpha value is -2.10. The van der Waals surface area contributed by atoms with Gasteiger partial charge in [-0.15, -0.1) is 0 Å². The Kier molecular flexibility index (Phi) is 6.18. The van der Waals surface area contributed by atoms with E-state index in [0.717, 1.165) is 5.56 Å². The maximum atomic E-state index is 13.0. The minimum atomic E-state index is -0.399. The highest BCUT2D eigenvalue weighted by Crippen LogP contribution is 2.28. The minimum Gasteiger partial charge on any atom is -0.480 e. The molecule has 130 valence electrons. The van der Waals surface area contributed by atoms with Crippen LogP contribution in [0.4, 0.5) is 0 Å². The van der Waals surface area contributed by atoms with Gasteiger partial charge in [-0.3, -0.25) is 4.79 Å². The number of ether oxygens (including phenoxy) is 1. The Labute approximate surface area is 145 Å². The van der Waals surface area contributed by atoms with Gasteiger partial charge in [-0.05, 0) is 46.6 Å². The summed E-state index contributed by atoms with van der Waals surface area (Å²) < 4.78 is 5.73. The lowest BCUT2D eigenvalue weighted by Gasteiger charge is -2.40. The lowest BCUT2D eigenvalue weighted by atomic mass is 10.00. The molecule has 0 bridgehead atoms. The van der Waals surface area contributed by atoms with Crippen molar-refractivity contribution < 1.29 is 9.53 Å². The molecule has 0 aromatic heterocycles.